The average Bonchev–Trinajstić information content (AvgIpc) is 3.53. The Bertz CT molecular complexity index is 1350. The predicted molar refractivity (Wildman–Crippen MR) is 123 cm³/mol. The molecule has 0 spiro atoms. The molecule has 1 saturated heterocycles. The van der Waals surface area contributed by atoms with E-state index in [-0.39, 0.29) is 48.6 Å². The molecular weight excluding hydrogens is 461 g/mol. The van der Waals surface area contributed by atoms with Gasteiger partial charge in [0.1, 0.15) is 5.82 Å². The minimum absolute atomic E-state index is 0.153. The van der Waals surface area contributed by atoms with Crippen LogP contribution in [-0.4, -0.2) is 62.6 Å². The summed E-state index contributed by atoms with van der Waals surface area (Å²) in [6.07, 6.45) is 1.43. The number of carbonyl (C=O) groups excluding carboxylic acids is 1. The highest BCUT2D eigenvalue weighted by Gasteiger charge is 2.31. The molecule has 0 atom stereocenters. The summed E-state index contributed by atoms with van der Waals surface area (Å²) in [5.74, 6) is 0.0744. The number of amides is 1. The summed E-state index contributed by atoms with van der Waals surface area (Å²) in [4.78, 5) is 15.9. The maximum absolute atomic E-state index is 13.7. The van der Waals surface area contributed by atoms with Crippen molar-refractivity contribution >= 4 is 33.1 Å². The Labute approximate surface area is 196 Å². The lowest BCUT2D eigenvalue weighted by Gasteiger charge is -2.33. The van der Waals surface area contributed by atoms with Gasteiger partial charge in [0.15, 0.2) is 11.6 Å². The maximum Gasteiger partial charge on any atom is 0.289 e. The molecule has 1 aromatic heterocycles. The standard InChI is InChI=1S/C23H21FN5O4S/c1-27(22-19-15-16(24)4-9-20(19)25-26-22)17-5-7-18(8-6-17)34(31,32)29-12-10-28(11-13-29)23(30)21-3-2-14-33-21/h2-9,14-15H,10-13H2,1H3. The zero-order valence-corrected chi connectivity index (χ0v) is 19.1. The van der Waals surface area contributed by atoms with Crippen LogP contribution in [0.4, 0.5) is 15.8 Å². The number of sulfonamides is 1. The first-order valence-corrected chi connectivity index (χ1v) is 12.0. The van der Waals surface area contributed by atoms with Gasteiger partial charge in [0.05, 0.1) is 16.8 Å². The Kier molecular flexibility index (Phi) is 5.58. The fourth-order valence-corrected chi connectivity index (χ4v) is 5.40. The SMILES string of the molecule is CN(C1=N[N]c2ccc(F)cc21)c1ccc(S(=O)(=O)N2CCN(C(=O)c3ccco3)CC2)cc1. The predicted octanol–water partition coefficient (Wildman–Crippen LogP) is 2.61. The van der Waals surface area contributed by atoms with E-state index in [4.69, 9.17) is 4.42 Å². The van der Waals surface area contributed by atoms with E-state index in [0.29, 0.717) is 22.8 Å². The summed E-state index contributed by atoms with van der Waals surface area (Å²) in [5.41, 5.74) is 5.89. The third-order valence-corrected chi connectivity index (χ3v) is 7.80. The number of furan rings is 1. The molecule has 2 aromatic carbocycles. The van der Waals surface area contributed by atoms with Gasteiger partial charge in [-0.1, -0.05) is 0 Å². The van der Waals surface area contributed by atoms with Crippen molar-refractivity contribution in [1.29, 1.82) is 0 Å². The molecule has 3 aromatic rings. The van der Waals surface area contributed by atoms with Gasteiger partial charge in [0, 0.05) is 44.5 Å². The van der Waals surface area contributed by atoms with Crippen LogP contribution in [0.3, 0.4) is 0 Å². The van der Waals surface area contributed by atoms with Crippen LogP contribution in [0.15, 0.2) is 75.3 Å². The van der Waals surface area contributed by atoms with Crippen molar-refractivity contribution in [3.8, 4) is 0 Å². The van der Waals surface area contributed by atoms with Crippen molar-refractivity contribution in [2.45, 2.75) is 4.90 Å². The van der Waals surface area contributed by atoms with E-state index in [1.807, 2.05) is 0 Å². The number of nitrogens with zero attached hydrogens (tertiary/aromatic N) is 5. The molecule has 0 bridgehead atoms. The molecule has 175 valence electrons. The number of anilines is 1. The molecule has 2 aliphatic rings. The average molecular weight is 483 g/mol. The zero-order valence-electron chi connectivity index (χ0n) is 18.3. The van der Waals surface area contributed by atoms with Gasteiger partial charge in [-0.25, -0.2) is 12.8 Å². The van der Waals surface area contributed by atoms with E-state index in [2.05, 4.69) is 10.5 Å². The largest absolute Gasteiger partial charge is 0.459 e. The number of piperazine rings is 1. The molecule has 0 saturated carbocycles. The number of carbonyl (C=O) groups is 1. The van der Waals surface area contributed by atoms with E-state index in [1.165, 1.54) is 34.8 Å². The van der Waals surface area contributed by atoms with Crippen molar-refractivity contribution in [2.24, 2.45) is 5.10 Å². The first kappa shape index (κ1) is 22.1. The third-order valence-electron chi connectivity index (χ3n) is 5.89. The number of hydrogen-bond acceptors (Lipinski definition) is 6. The van der Waals surface area contributed by atoms with Gasteiger partial charge in [-0.15, -0.1) is 10.5 Å². The number of hydrogen-bond donors (Lipinski definition) is 0. The Hall–Kier alpha value is -3.70. The molecule has 11 heteroatoms. The topological polar surface area (TPSA) is 101 Å². The molecule has 5 rings (SSSR count). The smallest absolute Gasteiger partial charge is 0.289 e. The zero-order chi connectivity index (χ0) is 23.9. The molecule has 0 unspecified atom stereocenters. The second kappa shape index (κ2) is 8.58. The van der Waals surface area contributed by atoms with Crippen molar-refractivity contribution in [2.75, 3.05) is 38.1 Å². The van der Waals surface area contributed by atoms with Crippen LogP contribution in [-0.2, 0) is 10.0 Å². The van der Waals surface area contributed by atoms with Crippen molar-refractivity contribution in [3.05, 3.63) is 78.0 Å². The van der Waals surface area contributed by atoms with E-state index in [1.54, 1.807) is 47.2 Å². The third kappa shape index (κ3) is 3.93. The second-order valence-electron chi connectivity index (χ2n) is 7.91. The van der Waals surface area contributed by atoms with Gasteiger partial charge in [-0.05, 0) is 54.6 Å². The molecule has 0 N–H and O–H groups in total. The van der Waals surface area contributed by atoms with Crippen molar-refractivity contribution in [3.63, 3.8) is 0 Å². The lowest BCUT2D eigenvalue weighted by atomic mass is 10.1. The highest BCUT2D eigenvalue weighted by molar-refractivity contribution is 7.89. The van der Waals surface area contributed by atoms with Crippen LogP contribution in [0.1, 0.15) is 16.1 Å². The van der Waals surface area contributed by atoms with Crippen LogP contribution in [0, 0.1) is 5.82 Å². The number of amidine groups is 1. The summed E-state index contributed by atoms with van der Waals surface area (Å²) in [5, 5.41) is 4.14. The molecule has 2 aliphatic heterocycles. The molecule has 0 aliphatic carbocycles. The highest BCUT2D eigenvalue weighted by Crippen LogP contribution is 2.28. The molecular formula is C23H21FN5O4S. The molecule has 3 heterocycles. The Morgan fingerprint density at radius 2 is 1.79 bits per heavy atom. The first-order valence-electron chi connectivity index (χ1n) is 10.6. The van der Waals surface area contributed by atoms with Crippen LogP contribution in [0.2, 0.25) is 0 Å². The van der Waals surface area contributed by atoms with E-state index < -0.39 is 10.0 Å². The van der Waals surface area contributed by atoms with Gasteiger partial charge in [-0.3, -0.25) is 4.79 Å². The minimum atomic E-state index is -3.73. The maximum atomic E-state index is 13.7. The van der Waals surface area contributed by atoms with Crippen LogP contribution < -0.4 is 10.3 Å². The lowest BCUT2D eigenvalue weighted by molar-refractivity contribution is 0.0666. The van der Waals surface area contributed by atoms with Crippen LogP contribution in [0.25, 0.3) is 0 Å². The summed E-state index contributed by atoms with van der Waals surface area (Å²) < 4.78 is 46.5. The first-order chi connectivity index (χ1) is 16.3. The van der Waals surface area contributed by atoms with Crippen LogP contribution >= 0.6 is 0 Å². The molecule has 1 radical (unpaired) electrons. The van der Waals surface area contributed by atoms with Crippen LogP contribution in [0.5, 0.6) is 0 Å². The molecule has 1 fully saturated rings. The monoisotopic (exact) mass is 482 g/mol. The number of fused-ring (bicyclic) bond motifs is 1. The fourth-order valence-electron chi connectivity index (χ4n) is 3.98. The van der Waals surface area contributed by atoms with Crippen molar-refractivity contribution in [1.82, 2.24) is 14.6 Å². The summed E-state index contributed by atoms with van der Waals surface area (Å²) in [7, 11) is -1.97. The van der Waals surface area contributed by atoms with E-state index >= 15 is 0 Å². The molecule has 9 nitrogen and oxygen atoms in total. The molecule has 1 amide bonds. The fraction of sp³-hybridized carbons (Fsp3) is 0.217. The van der Waals surface area contributed by atoms with Gasteiger partial charge in [0.2, 0.25) is 10.0 Å². The Morgan fingerprint density at radius 1 is 1.06 bits per heavy atom. The number of benzene rings is 2. The Morgan fingerprint density at radius 3 is 2.47 bits per heavy atom. The quantitative estimate of drug-likeness (QED) is 0.569. The minimum Gasteiger partial charge on any atom is -0.459 e. The van der Waals surface area contributed by atoms with E-state index in [9.17, 15) is 17.6 Å². The number of halogens is 1. The summed E-state index contributed by atoms with van der Waals surface area (Å²) in [6, 6.07) is 13.9. The second-order valence-corrected chi connectivity index (χ2v) is 9.85. The summed E-state index contributed by atoms with van der Waals surface area (Å²) >= 11 is 0. The Balaban J connectivity index is 1.27. The molecule has 34 heavy (non-hydrogen) atoms. The van der Waals surface area contributed by atoms with Crippen molar-refractivity contribution < 1.29 is 22.0 Å². The van der Waals surface area contributed by atoms with Gasteiger partial charge in [-0.2, -0.15) is 4.31 Å². The lowest BCUT2D eigenvalue weighted by Crippen LogP contribution is -2.50. The van der Waals surface area contributed by atoms with Gasteiger partial charge >= 0.3 is 0 Å². The van der Waals surface area contributed by atoms with Gasteiger partial charge in [0.25, 0.3) is 5.91 Å². The number of rotatable bonds is 4. The summed E-state index contributed by atoms with van der Waals surface area (Å²) in [6.45, 7) is 0.936. The normalized spacial score (nSPS) is 16.1. The van der Waals surface area contributed by atoms with Gasteiger partial charge < -0.3 is 14.2 Å². The highest BCUT2D eigenvalue weighted by atomic mass is 32.2. The van der Waals surface area contributed by atoms with E-state index in [0.717, 1.165) is 0 Å².